The van der Waals surface area contributed by atoms with E-state index < -0.39 is 0 Å². The van der Waals surface area contributed by atoms with Gasteiger partial charge < -0.3 is 4.74 Å². The number of benzene rings is 1. The van der Waals surface area contributed by atoms with Gasteiger partial charge in [-0.2, -0.15) is 5.10 Å². The molecule has 1 atom stereocenters. The first kappa shape index (κ1) is 13.1. The monoisotopic (exact) mass is 272 g/mol. The van der Waals surface area contributed by atoms with E-state index in [2.05, 4.69) is 22.7 Å². The Morgan fingerprint density at radius 1 is 1.45 bits per heavy atom. The van der Waals surface area contributed by atoms with Gasteiger partial charge in [0.1, 0.15) is 5.75 Å². The highest BCUT2D eigenvalue weighted by molar-refractivity contribution is 5.40. The molecule has 1 aromatic carbocycles. The number of nitrogens with two attached hydrogens (primary N) is 1. The molecule has 5 nitrogen and oxygen atoms in total. The minimum absolute atomic E-state index is 0.149. The maximum Gasteiger partial charge on any atom is 0.122 e. The predicted molar refractivity (Wildman–Crippen MR) is 77.2 cm³/mol. The number of ether oxygens (including phenoxy) is 1. The van der Waals surface area contributed by atoms with Crippen molar-refractivity contribution in [1.82, 2.24) is 15.2 Å². The topological polar surface area (TPSA) is 65.1 Å². The summed E-state index contributed by atoms with van der Waals surface area (Å²) >= 11 is 0. The molecule has 5 heteroatoms. The van der Waals surface area contributed by atoms with E-state index in [1.807, 2.05) is 30.1 Å². The lowest BCUT2D eigenvalue weighted by molar-refractivity contribution is 0.356. The largest absolute Gasteiger partial charge is 0.493 e. The van der Waals surface area contributed by atoms with Crippen molar-refractivity contribution in [3.63, 3.8) is 0 Å². The van der Waals surface area contributed by atoms with Gasteiger partial charge in [-0.05, 0) is 36.1 Å². The van der Waals surface area contributed by atoms with Crippen LogP contribution in [0.15, 0.2) is 30.5 Å². The third-order valence-electron chi connectivity index (χ3n) is 3.93. The van der Waals surface area contributed by atoms with Gasteiger partial charge in [0.25, 0.3) is 0 Å². The zero-order valence-corrected chi connectivity index (χ0v) is 11.7. The van der Waals surface area contributed by atoms with E-state index in [4.69, 9.17) is 10.6 Å². The molecular weight excluding hydrogens is 252 g/mol. The summed E-state index contributed by atoms with van der Waals surface area (Å²) in [5.41, 5.74) is 6.64. The first-order valence-electron chi connectivity index (χ1n) is 6.96. The Labute approximate surface area is 118 Å². The van der Waals surface area contributed by atoms with Crippen molar-refractivity contribution in [3.8, 4) is 5.75 Å². The highest BCUT2D eigenvalue weighted by Gasteiger charge is 2.16. The zero-order chi connectivity index (χ0) is 13.9. The molecule has 0 saturated carbocycles. The number of hydrogen-bond acceptors (Lipinski definition) is 4. The van der Waals surface area contributed by atoms with E-state index in [1.54, 1.807) is 0 Å². The molecule has 0 amide bonds. The summed E-state index contributed by atoms with van der Waals surface area (Å²) in [4.78, 5) is 0. The third kappa shape index (κ3) is 2.55. The second kappa shape index (κ2) is 5.64. The molecule has 0 bridgehead atoms. The van der Waals surface area contributed by atoms with E-state index in [-0.39, 0.29) is 6.04 Å². The van der Waals surface area contributed by atoms with Crippen LogP contribution in [0, 0.1) is 0 Å². The maximum atomic E-state index is 5.72. The van der Waals surface area contributed by atoms with Crippen LogP contribution in [0.3, 0.4) is 0 Å². The molecule has 1 aliphatic heterocycles. The van der Waals surface area contributed by atoms with Crippen LogP contribution >= 0.6 is 0 Å². The first-order valence-corrected chi connectivity index (χ1v) is 6.96. The summed E-state index contributed by atoms with van der Waals surface area (Å²) in [6, 6.07) is 8.54. The van der Waals surface area contributed by atoms with Crippen molar-refractivity contribution in [3.05, 3.63) is 47.3 Å². The minimum atomic E-state index is 0.149. The number of aromatic nitrogens is 2. The molecule has 20 heavy (non-hydrogen) atoms. The van der Waals surface area contributed by atoms with Gasteiger partial charge in [0, 0.05) is 31.4 Å². The van der Waals surface area contributed by atoms with Crippen molar-refractivity contribution in [2.24, 2.45) is 12.9 Å². The van der Waals surface area contributed by atoms with Crippen molar-refractivity contribution in [2.45, 2.75) is 25.3 Å². The number of nitrogens with zero attached hydrogens (tertiary/aromatic N) is 2. The summed E-state index contributed by atoms with van der Waals surface area (Å²) in [6.45, 7) is 0.786. The third-order valence-corrected chi connectivity index (χ3v) is 3.93. The van der Waals surface area contributed by atoms with E-state index in [0.29, 0.717) is 0 Å². The molecular formula is C15H20N4O. The quantitative estimate of drug-likeness (QED) is 0.639. The molecule has 0 spiro atoms. The number of nitrogens with one attached hydrogen (secondary N) is 1. The van der Waals surface area contributed by atoms with E-state index in [9.17, 15) is 0 Å². The minimum Gasteiger partial charge on any atom is -0.493 e. The first-order chi connectivity index (χ1) is 9.78. The van der Waals surface area contributed by atoms with Crippen LogP contribution in [0.1, 0.15) is 29.3 Å². The molecule has 2 aromatic rings. The fraction of sp³-hybridized carbons (Fsp3) is 0.400. The SMILES string of the molecule is Cn1nccc1CCC(NN)c1ccc2c(c1)CCO2. The number of hydrazine groups is 1. The highest BCUT2D eigenvalue weighted by Crippen LogP contribution is 2.29. The van der Waals surface area contributed by atoms with Gasteiger partial charge in [-0.1, -0.05) is 12.1 Å². The molecule has 3 N–H and O–H groups in total. The number of rotatable bonds is 5. The highest BCUT2D eigenvalue weighted by atomic mass is 16.5. The summed E-state index contributed by atoms with van der Waals surface area (Å²) < 4.78 is 7.45. The van der Waals surface area contributed by atoms with Gasteiger partial charge in [-0.25, -0.2) is 0 Å². The molecule has 1 aliphatic rings. The van der Waals surface area contributed by atoms with Gasteiger partial charge in [-0.3, -0.25) is 16.0 Å². The maximum absolute atomic E-state index is 5.72. The van der Waals surface area contributed by atoms with Gasteiger partial charge in [0.2, 0.25) is 0 Å². The van der Waals surface area contributed by atoms with Crippen LogP contribution in [-0.4, -0.2) is 16.4 Å². The van der Waals surface area contributed by atoms with Gasteiger partial charge in [0.15, 0.2) is 0 Å². The molecule has 0 aliphatic carbocycles. The Hall–Kier alpha value is -1.85. The molecule has 106 valence electrons. The average molecular weight is 272 g/mol. The molecule has 1 aromatic heterocycles. The zero-order valence-electron chi connectivity index (χ0n) is 11.7. The van der Waals surface area contributed by atoms with E-state index >= 15 is 0 Å². The second-order valence-corrected chi connectivity index (χ2v) is 5.17. The molecule has 3 rings (SSSR count). The number of fused-ring (bicyclic) bond motifs is 1. The fourth-order valence-corrected chi connectivity index (χ4v) is 2.71. The van der Waals surface area contributed by atoms with Gasteiger partial charge in [-0.15, -0.1) is 0 Å². The van der Waals surface area contributed by atoms with Crippen molar-refractivity contribution in [2.75, 3.05) is 6.61 Å². The summed E-state index contributed by atoms with van der Waals surface area (Å²) in [5.74, 6) is 6.73. The van der Waals surface area contributed by atoms with Gasteiger partial charge >= 0.3 is 0 Å². The number of aryl methyl sites for hydroxylation is 2. The van der Waals surface area contributed by atoms with Crippen molar-refractivity contribution < 1.29 is 4.74 Å². The Morgan fingerprint density at radius 2 is 2.35 bits per heavy atom. The lowest BCUT2D eigenvalue weighted by Crippen LogP contribution is -2.28. The van der Waals surface area contributed by atoms with Crippen LogP contribution in [0.5, 0.6) is 5.75 Å². The standard InChI is InChI=1S/C15H20N4O/c1-19-13(6-8-17-19)3-4-14(18-16)11-2-5-15-12(10-11)7-9-20-15/h2,5-6,8,10,14,18H,3-4,7,9,16H2,1H3. The van der Waals surface area contributed by atoms with Crippen LogP contribution in [0.4, 0.5) is 0 Å². The van der Waals surface area contributed by atoms with Crippen LogP contribution in [0.25, 0.3) is 0 Å². The molecule has 1 unspecified atom stereocenters. The van der Waals surface area contributed by atoms with Crippen molar-refractivity contribution >= 4 is 0 Å². The van der Waals surface area contributed by atoms with Crippen LogP contribution < -0.4 is 16.0 Å². The molecule has 0 saturated heterocycles. The Kier molecular flexibility index (Phi) is 3.71. The Bertz CT molecular complexity index is 593. The normalized spacial score (nSPS) is 14.9. The van der Waals surface area contributed by atoms with Crippen LogP contribution in [-0.2, 0) is 19.9 Å². The number of hydrogen-bond donors (Lipinski definition) is 2. The lowest BCUT2D eigenvalue weighted by Gasteiger charge is -2.17. The summed E-state index contributed by atoms with van der Waals surface area (Å²) in [7, 11) is 1.97. The predicted octanol–water partition coefficient (Wildman–Crippen LogP) is 1.49. The van der Waals surface area contributed by atoms with Crippen LogP contribution in [0.2, 0.25) is 0 Å². The summed E-state index contributed by atoms with van der Waals surface area (Å²) in [6.07, 6.45) is 4.70. The van der Waals surface area contributed by atoms with E-state index in [1.165, 1.54) is 16.8 Å². The Balaban J connectivity index is 1.71. The second-order valence-electron chi connectivity index (χ2n) is 5.17. The fourth-order valence-electron chi connectivity index (χ4n) is 2.71. The van der Waals surface area contributed by atoms with E-state index in [0.717, 1.165) is 31.6 Å². The Morgan fingerprint density at radius 3 is 3.10 bits per heavy atom. The molecule has 0 radical (unpaired) electrons. The lowest BCUT2D eigenvalue weighted by atomic mass is 9.99. The summed E-state index contributed by atoms with van der Waals surface area (Å²) in [5, 5.41) is 4.19. The van der Waals surface area contributed by atoms with Crippen molar-refractivity contribution in [1.29, 1.82) is 0 Å². The molecule has 0 fully saturated rings. The average Bonchev–Trinajstić information content (AvgIpc) is 3.08. The molecule has 2 heterocycles. The van der Waals surface area contributed by atoms with Gasteiger partial charge in [0.05, 0.1) is 6.61 Å². The smallest absolute Gasteiger partial charge is 0.122 e.